The van der Waals surface area contributed by atoms with Gasteiger partial charge in [-0.15, -0.1) is 0 Å². The molecule has 0 saturated carbocycles. The average Bonchev–Trinajstić information content (AvgIpc) is 3.05. The van der Waals surface area contributed by atoms with Crippen LogP contribution in [0.4, 0.5) is 0 Å². The van der Waals surface area contributed by atoms with E-state index in [4.69, 9.17) is 4.42 Å². The molecule has 128 valence electrons. The number of hydrogen-bond donors (Lipinski definition) is 0. The highest BCUT2D eigenvalue weighted by Gasteiger charge is 2.47. The molecular weight excluding hydrogens is 290 g/mol. The van der Waals surface area contributed by atoms with Gasteiger partial charge >= 0.3 is 0 Å². The molecule has 2 fully saturated rings. The normalized spacial score (nSPS) is 21.7. The first-order chi connectivity index (χ1) is 11.0. The minimum absolute atomic E-state index is 0.0815. The lowest BCUT2D eigenvalue weighted by Crippen LogP contribution is -2.45. The van der Waals surface area contributed by atoms with Crippen LogP contribution in [0, 0.1) is 12.3 Å². The number of aryl methyl sites for hydroxylation is 1. The average molecular weight is 319 g/mol. The minimum atomic E-state index is -0.0815. The molecule has 5 nitrogen and oxygen atoms in total. The predicted molar refractivity (Wildman–Crippen MR) is 90.1 cm³/mol. The molecular formula is C18H29N3O2. The molecule has 2 aliphatic rings. The first kappa shape index (κ1) is 16.5. The van der Waals surface area contributed by atoms with Crippen molar-refractivity contribution in [2.75, 3.05) is 46.8 Å². The zero-order valence-electron chi connectivity index (χ0n) is 14.7. The Morgan fingerprint density at radius 2 is 1.87 bits per heavy atom. The topological polar surface area (TPSA) is 39.9 Å². The number of furan rings is 1. The van der Waals surface area contributed by atoms with Gasteiger partial charge in [-0.05, 0) is 65.5 Å². The van der Waals surface area contributed by atoms with Crippen LogP contribution in [0.1, 0.15) is 30.8 Å². The molecule has 23 heavy (non-hydrogen) atoms. The second-order valence-corrected chi connectivity index (χ2v) is 7.41. The number of hydrogen-bond acceptors (Lipinski definition) is 4. The van der Waals surface area contributed by atoms with Crippen LogP contribution in [0.15, 0.2) is 16.5 Å². The van der Waals surface area contributed by atoms with Crippen LogP contribution in [0.5, 0.6) is 0 Å². The Hall–Kier alpha value is -1.33. The summed E-state index contributed by atoms with van der Waals surface area (Å²) in [6.07, 6.45) is 3.01. The second kappa shape index (κ2) is 6.65. The van der Waals surface area contributed by atoms with Crippen LogP contribution in [-0.4, -0.2) is 67.4 Å². The summed E-state index contributed by atoms with van der Waals surface area (Å²) in [5.74, 6) is 2.40. The van der Waals surface area contributed by atoms with Crippen molar-refractivity contribution >= 4 is 5.91 Å². The summed E-state index contributed by atoms with van der Waals surface area (Å²) >= 11 is 0. The van der Waals surface area contributed by atoms with Gasteiger partial charge in [0.25, 0.3) is 0 Å². The monoisotopic (exact) mass is 319 g/mol. The lowest BCUT2D eigenvalue weighted by Gasteiger charge is -2.37. The van der Waals surface area contributed by atoms with Crippen molar-refractivity contribution in [2.24, 2.45) is 5.41 Å². The highest BCUT2D eigenvalue weighted by molar-refractivity contribution is 5.85. The van der Waals surface area contributed by atoms with E-state index in [9.17, 15) is 4.79 Å². The molecule has 3 rings (SSSR count). The minimum Gasteiger partial charge on any atom is -0.465 e. The van der Waals surface area contributed by atoms with Crippen molar-refractivity contribution in [3.05, 3.63) is 23.7 Å². The summed E-state index contributed by atoms with van der Waals surface area (Å²) in [6, 6.07) is 4.08. The van der Waals surface area contributed by atoms with E-state index in [2.05, 4.69) is 34.9 Å². The highest BCUT2D eigenvalue weighted by Crippen LogP contribution is 2.41. The fraction of sp³-hybridized carbons (Fsp3) is 0.722. The number of likely N-dealkylation sites (tertiary alicyclic amines) is 2. The Kier molecular flexibility index (Phi) is 4.78. The molecule has 2 aliphatic heterocycles. The quantitative estimate of drug-likeness (QED) is 0.832. The molecule has 5 heteroatoms. The van der Waals surface area contributed by atoms with E-state index < -0.39 is 0 Å². The number of nitrogens with zero attached hydrogens (tertiary/aromatic N) is 3. The maximum atomic E-state index is 12.8. The Morgan fingerprint density at radius 1 is 1.17 bits per heavy atom. The van der Waals surface area contributed by atoms with Gasteiger partial charge in [0, 0.05) is 19.6 Å². The number of amides is 1. The maximum Gasteiger partial charge on any atom is 0.228 e. The summed E-state index contributed by atoms with van der Waals surface area (Å²) in [4.78, 5) is 19.5. The van der Waals surface area contributed by atoms with Gasteiger partial charge in [-0.3, -0.25) is 9.69 Å². The number of carbonyl (C=O) groups excluding carboxylic acids is 1. The number of rotatable bonds is 5. The van der Waals surface area contributed by atoms with Crippen molar-refractivity contribution in [2.45, 2.75) is 32.7 Å². The molecule has 2 saturated heterocycles. The van der Waals surface area contributed by atoms with Gasteiger partial charge in [0.05, 0.1) is 12.0 Å². The standard InChI is InChI=1S/C18H29N3O2/c1-15-4-5-16(23-15)14-20-9-6-18(7-10-20)8-11-21(17(18)22)13-12-19(2)3/h4-5H,6-14H2,1-3H3. The summed E-state index contributed by atoms with van der Waals surface area (Å²) < 4.78 is 5.67. The molecule has 0 bridgehead atoms. The van der Waals surface area contributed by atoms with Crippen LogP contribution < -0.4 is 0 Å². The number of piperidine rings is 1. The van der Waals surface area contributed by atoms with E-state index in [1.807, 2.05) is 13.0 Å². The van der Waals surface area contributed by atoms with Crippen LogP contribution in [0.3, 0.4) is 0 Å². The van der Waals surface area contributed by atoms with Crippen molar-refractivity contribution in [1.29, 1.82) is 0 Å². The smallest absolute Gasteiger partial charge is 0.228 e. The molecule has 0 radical (unpaired) electrons. The lowest BCUT2D eigenvalue weighted by molar-refractivity contribution is -0.138. The van der Waals surface area contributed by atoms with E-state index in [0.29, 0.717) is 5.91 Å². The third kappa shape index (κ3) is 3.61. The molecule has 1 spiro atoms. The molecule has 1 aromatic heterocycles. The maximum absolute atomic E-state index is 12.8. The molecule has 0 aromatic carbocycles. The molecule has 1 amide bonds. The van der Waals surface area contributed by atoms with Crippen molar-refractivity contribution < 1.29 is 9.21 Å². The van der Waals surface area contributed by atoms with Crippen LogP contribution >= 0.6 is 0 Å². The van der Waals surface area contributed by atoms with Crippen molar-refractivity contribution in [3.8, 4) is 0 Å². The zero-order chi connectivity index (χ0) is 16.4. The third-order valence-corrected chi connectivity index (χ3v) is 5.41. The third-order valence-electron chi connectivity index (χ3n) is 5.41. The molecule has 0 unspecified atom stereocenters. The van der Waals surface area contributed by atoms with E-state index in [1.165, 1.54) is 0 Å². The Bertz CT molecular complexity index is 544. The van der Waals surface area contributed by atoms with Gasteiger partial charge in [0.15, 0.2) is 0 Å². The summed E-state index contributed by atoms with van der Waals surface area (Å²) in [6.45, 7) is 7.58. The summed E-state index contributed by atoms with van der Waals surface area (Å²) in [7, 11) is 4.12. The number of carbonyl (C=O) groups is 1. The highest BCUT2D eigenvalue weighted by atomic mass is 16.3. The van der Waals surface area contributed by atoms with Gasteiger partial charge in [-0.1, -0.05) is 0 Å². The molecule has 1 aromatic rings. The lowest BCUT2D eigenvalue weighted by atomic mass is 9.77. The molecule has 0 N–H and O–H groups in total. The van der Waals surface area contributed by atoms with Crippen LogP contribution in [0.25, 0.3) is 0 Å². The molecule has 0 atom stereocenters. The van der Waals surface area contributed by atoms with Gasteiger partial charge in [-0.2, -0.15) is 0 Å². The summed E-state index contributed by atoms with van der Waals surface area (Å²) in [5, 5.41) is 0. The number of likely N-dealkylation sites (N-methyl/N-ethyl adjacent to an activating group) is 1. The van der Waals surface area contributed by atoms with E-state index in [1.54, 1.807) is 0 Å². The van der Waals surface area contributed by atoms with Crippen LogP contribution in [0.2, 0.25) is 0 Å². The van der Waals surface area contributed by atoms with E-state index in [-0.39, 0.29) is 5.41 Å². The molecule has 3 heterocycles. The second-order valence-electron chi connectivity index (χ2n) is 7.41. The first-order valence-corrected chi connectivity index (χ1v) is 8.70. The zero-order valence-corrected chi connectivity index (χ0v) is 14.7. The Labute approximate surface area is 139 Å². The van der Waals surface area contributed by atoms with Gasteiger partial charge < -0.3 is 14.2 Å². The fourth-order valence-corrected chi connectivity index (χ4v) is 3.82. The Morgan fingerprint density at radius 3 is 2.48 bits per heavy atom. The van der Waals surface area contributed by atoms with Gasteiger partial charge in [0.1, 0.15) is 11.5 Å². The SMILES string of the molecule is Cc1ccc(CN2CCC3(CC2)CCN(CCN(C)C)C3=O)o1. The van der Waals surface area contributed by atoms with Gasteiger partial charge in [-0.25, -0.2) is 0 Å². The van der Waals surface area contributed by atoms with E-state index >= 15 is 0 Å². The van der Waals surface area contributed by atoms with Gasteiger partial charge in [0.2, 0.25) is 5.91 Å². The summed E-state index contributed by atoms with van der Waals surface area (Å²) in [5.41, 5.74) is -0.0815. The van der Waals surface area contributed by atoms with Crippen molar-refractivity contribution in [3.63, 3.8) is 0 Å². The fourth-order valence-electron chi connectivity index (χ4n) is 3.82. The van der Waals surface area contributed by atoms with Crippen molar-refractivity contribution in [1.82, 2.24) is 14.7 Å². The predicted octanol–water partition coefficient (Wildman–Crippen LogP) is 1.96. The van der Waals surface area contributed by atoms with E-state index in [0.717, 1.165) is 70.1 Å². The van der Waals surface area contributed by atoms with Crippen LogP contribution in [-0.2, 0) is 11.3 Å². The largest absolute Gasteiger partial charge is 0.465 e. The first-order valence-electron chi connectivity index (χ1n) is 8.70. The Balaban J connectivity index is 1.52. The molecule has 0 aliphatic carbocycles.